The smallest absolute Gasteiger partial charge is 0.164 e. The molecule has 62 heavy (non-hydrogen) atoms. The van der Waals surface area contributed by atoms with Crippen LogP contribution in [0.4, 0.5) is 0 Å². The molecule has 3 heterocycles. The predicted octanol–water partition coefficient (Wildman–Crippen LogP) is 15.0. The fourth-order valence-corrected chi connectivity index (χ4v) is 8.98. The second-order valence-electron chi connectivity index (χ2n) is 15.5. The highest BCUT2D eigenvalue weighted by atomic mass is 15.1. The summed E-state index contributed by atoms with van der Waals surface area (Å²) in [5.74, 6) is 1.90. The minimum absolute atomic E-state index is 0.618. The van der Waals surface area contributed by atoms with Crippen molar-refractivity contribution < 1.29 is 0 Å². The van der Waals surface area contributed by atoms with Crippen LogP contribution >= 0.6 is 0 Å². The molecule has 0 bridgehead atoms. The van der Waals surface area contributed by atoms with Crippen LogP contribution in [0.2, 0.25) is 0 Å². The van der Waals surface area contributed by atoms with Gasteiger partial charge in [-0.3, -0.25) is 0 Å². The van der Waals surface area contributed by atoms with Crippen LogP contribution in [-0.2, 0) is 0 Å². The Bertz CT molecular complexity index is 3560. The summed E-state index contributed by atoms with van der Waals surface area (Å²) in [5.41, 5.74) is 9.63. The number of para-hydroxylation sites is 3. The molecular formula is C57H41N5. The summed E-state index contributed by atoms with van der Waals surface area (Å²) in [7, 11) is 0. The largest absolute Gasteiger partial charge is 0.307 e. The SMILES string of the molecule is C/C=C\C.c1ccc(-n2c3ccccc3c3ccc4c5ccccc5n(-c5cccc(-c6nc(-c7cccc8ccccc78)nc(-c7cccc8ccccc78)n6)c5)c4c32)cc1. The first-order valence-electron chi connectivity index (χ1n) is 21.1. The minimum atomic E-state index is 0.618. The highest BCUT2D eigenvalue weighted by Gasteiger charge is 2.22. The van der Waals surface area contributed by atoms with Crippen LogP contribution in [0.15, 0.2) is 212 Å². The fraction of sp³-hybridized carbons (Fsp3) is 0.0351. The van der Waals surface area contributed by atoms with E-state index in [1.807, 2.05) is 26.0 Å². The molecule has 12 aromatic rings. The van der Waals surface area contributed by atoms with Gasteiger partial charge < -0.3 is 9.13 Å². The summed E-state index contributed by atoms with van der Waals surface area (Å²) >= 11 is 0. The number of rotatable bonds is 5. The van der Waals surface area contributed by atoms with Gasteiger partial charge in [0.25, 0.3) is 0 Å². The van der Waals surface area contributed by atoms with Gasteiger partial charge >= 0.3 is 0 Å². The lowest BCUT2D eigenvalue weighted by Gasteiger charge is -2.14. The summed E-state index contributed by atoms with van der Waals surface area (Å²) < 4.78 is 4.85. The van der Waals surface area contributed by atoms with E-state index in [1.54, 1.807) is 0 Å². The van der Waals surface area contributed by atoms with Gasteiger partial charge in [-0.05, 0) is 71.8 Å². The van der Waals surface area contributed by atoms with Crippen molar-refractivity contribution in [2.45, 2.75) is 13.8 Å². The number of hydrogen-bond donors (Lipinski definition) is 0. The van der Waals surface area contributed by atoms with E-state index in [2.05, 4.69) is 209 Å². The molecule has 0 amide bonds. The maximum absolute atomic E-state index is 5.27. The second kappa shape index (κ2) is 15.5. The maximum atomic E-state index is 5.27. The Labute approximate surface area is 359 Å². The molecule has 0 fully saturated rings. The van der Waals surface area contributed by atoms with Crippen molar-refractivity contribution >= 4 is 65.2 Å². The molecule has 5 nitrogen and oxygen atoms in total. The Morgan fingerprint density at radius 3 is 1.31 bits per heavy atom. The number of benzene rings is 9. The molecule has 0 aliphatic carbocycles. The number of allylic oxidation sites excluding steroid dienone is 2. The Morgan fingerprint density at radius 2 is 0.758 bits per heavy atom. The highest BCUT2D eigenvalue weighted by Crippen LogP contribution is 2.42. The molecule has 0 N–H and O–H groups in total. The van der Waals surface area contributed by atoms with Gasteiger partial charge in [-0.1, -0.05) is 176 Å². The summed E-state index contributed by atoms with van der Waals surface area (Å²) in [6, 6.07) is 70.9. The molecule has 0 atom stereocenters. The van der Waals surface area contributed by atoms with Crippen molar-refractivity contribution in [3.8, 4) is 45.5 Å². The number of fused-ring (bicyclic) bond motifs is 9. The van der Waals surface area contributed by atoms with E-state index in [9.17, 15) is 0 Å². The third-order valence-electron chi connectivity index (χ3n) is 11.9. The average molecular weight is 796 g/mol. The van der Waals surface area contributed by atoms with Crippen LogP contribution < -0.4 is 0 Å². The van der Waals surface area contributed by atoms with Crippen LogP contribution in [0.1, 0.15) is 13.8 Å². The maximum Gasteiger partial charge on any atom is 0.164 e. The molecule has 0 aliphatic heterocycles. The molecule has 0 spiro atoms. The molecule has 5 heteroatoms. The zero-order chi connectivity index (χ0) is 41.6. The second-order valence-corrected chi connectivity index (χ2v) is 15.5. The van der Waals surface area contributed by atoms with Crippen LogP contribution in [-0.4, -0.2) is 24.1 Å². The summed E-state index contributed by atoms with van der Waals surface area (Å²) in [6.45, 7) is 4.00. The van der Waals surface area contributed by atoms with Crippen molar-refractivity contribution in [2.24, 2.45) is 0 Å². The van der Waals surface area contributed by atoms with Crippen LogP contribution in [0.25, 0.3) is 111 Å². The molecule has 294 valence electrons. The van der Waals surface area contributed by atoms with Gasteiger partial charge in [0, 0.05) is 49.6 Å². The van der Waals surface area contributed by atoms with Crippen molar-refractivity contribution in [3.05, 3.63) is 212 Å². The third kappa shape index (κ3) is 6.13. The first-order chi connectivity index (χ1) is 30.7. The van der Waals surface area contributed by atoms with Gasteiger partial charge in [0.1, 0.15) is 0 Å². The van der Waals surface area contributed by atoms with E-state index < -0.39 is 0 Å². The van der Waals surface area contributed by atoms with Gasteiger partial charge in [0.05, 0.1) is 22.1 Å². The Balaban J connectivity index is 0.00000104. The molecule has 0 saturated carbocycles. The third-order valence-corrected chi connectivity index (χ3v) is 11.9. The molecule has 0 radical (unpaired) electrons. The fourth-order valence-electron chi connectivity index (χ4n) is 8.98. The molecule has 0 saturated heterocycles. The van der Waals surface area contributed by atoms with E-state index in [0.29, 0.717) is 17.5 Å². The monoisotopic (exact) mass is 795 g/mol. The van der Waals surface area contributed by atoms with Gasteiger partial charge in [0.2, 0.25) is 0 Å². The lowest BCUT2D eigenvalue weighted by molar-refractivity contribution is 1.08. The van der Waals surface area contributed by atoms with E-state index in [4.69, 9.17) is 15.0 Å². The number of nitrogens with zero attached hydrogens (tertiary/aromatic N) is 5. The first kappa shape index (κ1) is 36.9. The van der Waals surface area contributed by atoms with Gasteiger partial charge in [-0.15, -0.1) is 0 Å². The van der Waals surface area contributed by atoms with E-state index in [1.165, 1.54) is 32.6 Å². The van der Waals surface area contributed by atoms with Crippen molar-refractivity contribution in [1.82, 2.24) is 24.1 Å². The summed E-state index contributed by atoms with van der Waals surface area (Å²) in [5, 5.41) is 9.31. The lowest BCUT2D eigenvalue weighted by Crippen LogP contribution is -2.02. The molecule has 0 aliphatic rings. The van der Waals surface area contributed by atoms with Crippen molar-refractivity contribution in [2.75, 3.05) is 0 Å². The summed E-state index contributed by atoms with van der Waals surface area (Å²) in [6.07, 6.45) is 4.00. The first-order valence-corrected chi connectivity index (χ1v) is 21.1. The van der Waals surface area contributed by atoms with Gasteiger partial charge in [0.15, 0.2) is 17.5 Å². The van der Waals surface area contributed by atoms with E-state index >= 15 is 0 Å². The minimum Gasteiger partial charge on any atom is -0.307 e. The molecule has 3 aromatic heterocycles. The average Bonchev–Trinajstić information content (AvgIpc) is 3.87. The number of hydrogen-bond acceptors (Lipinski definition) is 3. The molecule has 9 aromatic carbocycles. The zero-order valence-electron chi connectivity index (χ0n) is 34.4. The van der Waals surface area contributed by atoms with E-state index in [-0.39, 0.29) is 0 Å². The zero-order valence-corrected chi connectivity index (χ0v) is 34.4. The molecule has 12 rings (SSSR count). The normalized spacial score (nSPS) is 11.6. The van der Waals surface area contributed by atoms with Crippen LogP contribution in [0.5, 0.6) is 0 Å². The Morgan fingerprint density at radius 1 is 0.339 bits per heavy atom. The summed E-state index contributed by atoms with van der Waals surface area (Å²) in [4.78, 5) is 15.8. The molecular weight excluding hydrogens is 755 g/mol. The number of aromatic nitrogens is 5. The van der Waals surface area contributed by atoms with Gasteiger partial charge in [-0.25, -0.2) is 15.0 Å². The standard InChI is InChI=1S/C53H33N5.C4H8/c1-2-20-37(21-3-1)57-47-29-10-8-25-41(47)43-31-32-44-42-26-9-11-30-48(42)58(50(44)49(43)57)38-22-12-19-36(33-38)51-54-52(45-27-13-17-34-15-4-6-23-39(34)45)56-53(55-51)46-28-14-18-35-16-5-7-24-40(35)46;1-3-4-2/h1-33H;3-4H,1-2H3/b;4-3-. The van der Waals surface area contributed by atoms with Crippen LogP contribution in [0.3, 0.4) is 0 Å². The van der Waals surface area contributed by atoms with Crippen molar-refractivity contribution in [1.29, 1.82) is 0 Å². The van der Waals surface area contributed by atoms with Crippen LogP contribution in [0, 0.1) is 0 Å². The highest BCUT2D eigenvalue weighted by molar-refractivity contribution is 6.23. The Kier molecular flexibility index (Phi) is 9.20. The van der Waals surface area contributed by atoms with Crippen molar-refractivity contribution in [3.63, 3.8) is 0 Å². The van der Waals surface area contributed by atoms with E-state index in [0.717, 1.165) is 60.6 Å². The lowest BCUT2D eigenvalue weighted by atomic mass is 10.0. The Hall–Kier alpha value is -8.15. The predicted molar refractivity (Wildman–Crippen MR) is 260 cm³/mol. The van der Waals surface area contributed by atoms with Gasteiger partial charge in [-0.2, -0.15) is 0 Å². The quantitative estimate of drug-likeness (QED) is 0.163. The molecule has 0 unspecified atom stereocenters. The topological polar surface area (TPSA) is 48.5 Å².